The van der Waals surface area contributed by atoms with Crippen molar-refractivity contribution < 1.29 is 9.84 Å². The van der Waals surface area contributed by atoms with Crippen LogP contribution in [0.15, 0.2) is 30.3 Å². The first-order valence-electron chi connectivity index (χ1n) is 7.38. The Balaban J connectivity index is 1.89. The van der Waals surface area contributed by atoms with Crippen LogP contribution >= 0.6 is 23.2 Å². The quantitative estimate of drug-likeness (QED) is 0.615. The van der Waals surface area contributed by atoms with Crippen LogP contribution in [0.25, 0.3) is 0 Å². The van der Waals surface area contributed by atoms with Crippen molar-refractivity contribution >= 4 is 28.9 Å². The molecule has 0 saturated heterocycles. The minimum atomic E-state index is -0.0650. The van der Waals surface area contributed by atoms with Gasteiger partial charge in [0.15, 0.2) is 0 Å². The summed E-state index contributed by atoms with van der Waals surface area (Å²) in [7, 11) is 1.81. The first kappa shape index (κ1) is 16.2. The van der Waals surface area contributed by atoms with Gasteiger partial charge < -0.3 is 14.9 Å². The van der Waals surface area contributed by atoms with Crippen LogP contribution in [0.1, 0.15) is 29.9 Å². The Morgan fingerprint density at radius 2 is 2.00 bits per heavy atom. The van der Waals surface area contributed by atoms with Gasteiger partial charge in [0.1, 0.15) is 18.1 Å². The van der Waals surface area contributed by atoms with E-state index in [0.29, 0.717) is 23.3 Å². The number of benzene rings is 2. The Kier molecular flexibility index (Phi) is 4.57. The fraction of sp³-hybridized carbons (Fsp3) is 0.294. The van der Waals surface area contributed by atoms with Gasteiger partial charge in [0.05, 0.1) is 15.7 Å². The number of hydrogen-bond acceptors (Lipinski definition) is 4. The lowest BCUT2D eigenvalue weighted by atomic mass is 10.0. The van der Waals surface area contributed by atoms with E-state index in [-0.39, 0.29) is 10.8 Å². The van der Waals surface area contributed by atoms with Gasteiger partial charge in [-0.05, 0) is 30.4 Å². The van der Waals surface area contributed by atoms with Gasteiger partial charge in [-0.15, -0.1) is 0 Å². The summed E-state index contributed by atoms with van der Waals surface area (Å²) in [6.45, 7) is 0.338. The number of nitrogens with zero attached hydrogens (tertiary/aromatic N) is 1. The Hall–Kier alpha value is -1.62. The molecule has 0 unspecified atom stereocenters. The second-order valence-corrected chi connectivity index (χ2v) is 6.57. The van der Waals surface area contributed by atoms with Crippen LogP contribution in [-0.2, 0) is 6.61 Å². The fourth-order valence-electron chi connectivity index (χ4n) is 2.64. The third-order valence-electron chi connectivity index (χ3n) is 3.96. The van der Waals surface area contributed by atoms with Crippen LogP contribution in [0.3, 0.4) is 0 Å². The molecule has 3 N–H and O–H groups in total. The zero-order valence-electron chi connectivity index (χ0n) is 12.7. The maximum atomic E-state index is 9.56. The van der Waals surface area contributed by atoms with E-state index >= 15 is 0 Å². The average molecular weight is 353 g/mol. The summed E-state index contributed by atoms with van der Waals surface area (Å²) in [6, 6.07) is 9.00. The molecule has 1 aliphatic carbocycles. The first-order valence-corrected chi connectivity index (χ1v) is 8.14. The maximum Gasteiger partial charge on any atom is 0.140 e. The number of ether oxygens (including phenoxy) is 1. The van der Waals surface area contributed by atoms with Crippen LogP contribution in [0.5, 0.6) is 11.5 Å². The van der Waals surface area contributed by atoms with Crippen LogP contribution in [0.4, 0.5) is 5.69 Å². The molecule has 0 atom stereocenters. The minimum Gasteiger partial charge on any atom is -0.506 e. The predicted molar refractivity (Wildman–Crippen MR) is 93.5 cm³/mol. The van der Waals surface area contributed by atoms with Crippen LogP contribution in [0, 0.1) is 0 Å². The molecule has 0 amide bonds. The van der Waals surface area contributed by atoms with Crippen molar-refractivity contribution in [2.75, 3.05) is 12.1 Å². The number of phenolic OH excluding ortho intramolecular Hbond substituents is 1. The molecule has 3 rings (SSSR count). The summed E-state index contributed by atoms with van der Waals surface area (Å²) in [5.41, 5.74) is 3.25. The Bertz CT molecular complexity index is 711. The van der Waals surface area contributed by atoms with Crippen molar-refractivity contribution in [1.82, 2.24) is 0 Å². The largest absolute Gasteiger partial charge is 0.506 e. The molecule has 0 aromatic heterocycles. The van der Waals surface area contributed by atoms with E-state index < -0.39 is 0 Å². The fourth-order valence-corrected chi connectivity index (χ4v) is 3.00. The van der Waals surface area contributed by atoms with E-state index in [0.717, 1.165) is 11.3 Å². The highest BCUT2D eigenvalue weighted by molar-refractivity contribution is 6.35. The summed E-state index contributed by atoms with van der Waals surface area (Å²) in [4.78, 5) is 0. The van der Waals surface area contributed by atoms with Crippen molar-refractivity contribution in [2.24, 2.45) is 5.84 Å². The molecule has 2 aromatic rings. The molecule has 23 heavy (non-hydrogen) atoms. The zero-order chi connectivity index (χ0) is 16.6. The molecule has 1 fully saturated rings. The number of hydrazine groups is 1. The molecule has 1 aliphatic rings. The third kappa shape index (κ3) is 3.50. The maximum absolute atomic E-state index is 9.56. The SMILES string of the molecule is CN(N)c1cccc(C2CC2)c1COc1cc(Cl)c(O)cc1Cl. The van der Waals surface area contributed by atoms with E-state index in [1.807, 2.05) is 12.1 Å². The molecule has 0 aliphatic heterocycles. The molecule has 0 heterocycles. The Morgan fingerprint density at radius 3 is 2.65 bits per heavy atom. The molecule has 6 heteroatoms. The van der Waals surface area contributed by atoms with Gasteiger partial charge in [-0.2, -0.15) is 0 Å². The Morgan fingerprint density at radius 1 is 1.26 bits per heavy atom. The standard InChI is InChI=1S/C17H18Cl2N2O2/c1-21(20)15-4-2-3-11(10-5-6-10)12(15)9-23-17-8-13(18)16(22)7-14(17)19/h2-4,7-8,10,22H,5-6,9,20H2,1H3. The number of nitrogens with two attached hydrogens (primary N) is 1. The van der Waals surface area contributed by atoms with Gasteiger partial charge in [-0.3, -0.25) is 0 Å². The zero-order valence-corrected chi connectivity index (χ0v) is 14.2. The molecule has 122 valence electrons. The van der Waals surface area contributed by atoms with E-state index in [1.165, 1.54) is 30.5 Å². The highest BCUT2D eigenvalue weighted by atomic mass is 35.5. The number of rotatable bonds is 5. The van der Waals surface area contributed by atoms with Gasteiger partial charge in [0.2, 0.25) is 0 Å². The van der Waals surface area contributed by atoms with Crippen molar-refractivity contribution in [2.45, 2.75) is 25.4 Å². The van der Waals surface area contributed by atoms with Gasteiger partial charge in [-0.1, -0.05) is 35.3 Å². The normalized spacial score (nSPS) is 13.9. The second-order valence-electron chi connectivity index (χ2n) is 5.75. The third-order valence-corrected chi connectivity index (χ3v) is 4.56. The van der Waals surface area contributed by atoms with E-state index in [1.54, 1.807) is 12.1 Å². The average Bonchev–Trinajstić information content (AvgIpc) is 3.34. The van der Waals surface area contributed by atoms with Crippen molar-refractivity contribution in [1.29, 1.82) is 0 Å². The molecule has 0 spiro atoms. The molecule has 0 bridgehead atoms. The van der Waals surface area contributed by atoms with Gasteiger partial charge in [0, 0.05) is 24.7 Å². The smallest absolute Gasteiger partial charge is 0.140 e. The summed E-state index contributed by atoms with van der Waals surface area (Å²) in [6.07, 6.45) is 2.38. The lowest BCUT2D eigenvalue weighted by Crippen LogP contribution is -2.27. The van der Waals surface area contributed by atoms with Crippen molar-refractivity contribution in [3.8, 4) is 11.5 Å². The number of aromatic hydroxyl groups is 1. The monoisotopic (exact) mass is 352 g/mol. The van der Waals surface area contributed by atoms with Gasteiger partial charge in [0.25, 0.3) is 0 Å². The molecular formula is C17H18Cl2N2O2. The highest BCUT2D eigenvalue weighted by Crippen LogP contribution is 2.44. The van der Waals surface area contributed by atoms with Crippen molar-refractivity contribution in [3.05, 3.63) is 51.5 Å². The van der Waals surface area contributed by atoms with Crippen LogP contribution in [0.2, 0.25) is 10.0 Å². The molecular weight excluding hydrogens is 335 g/mol. The first-order chi connectivity index (χ1) is 11.0. The molecule has 1 saturated carbocycles. The minimum absolute atomic E-state index is 0.0650. The topological polar surface area (TPSA) is 58.7 Å². The summed E-state index contributed by atoms with van der Waals surface area (Å²) >= 11 is 12.0. The number of hydrogen-bond donors (Lipinski definition) is 2. The number of halogens is 2. The Labute approximate surface area is 145 Å². The van der Waals surface area contributed by atoms with Crippen LogP contribution < -0.4 is 15.6 Å². The van der Waals surface area contributed by atoms with Gasteiger partial charge >= 0.3 is 0 Å². The number of phenols is 1. The van der Waals surface area contributed by atoms with Gasteiger partial charge in [-0.25, -0.2) is 5.84 Å². The number of anilines is 1. The summed E-state index contributed by atoms with van der Waals surface area (Å²) < 4.78 is 5.86. The van der Waals surface area contributed by atoms with E-state index in [2.05, 4.69) is 6.07 Å². The highest BCUT2D eigenvalue weighted by Gasteiger charge is 2.27. The molecule has 4 nitrogen and oxygen atoms in total. The second kappa shape index (κ2) is 6.48. The molecule has 0 radical (unpaired) electrons. The summed E-state index contributed by atoms with van der Waals surface area (Å²) in [5.74, 6) is 6.89. The summed E-state index contributed by atoms with van der Waals surface area (Å²) in [5, 5.41) is 11.7. The lowest BCUT2D eigenvalue weighted by Gasteiger charge is -2.20. The van der Waals surface area contributed by atoms with Crippen LogP contribution in [-0.4, -0.2) is 12.2 Å². The van der Waals surface area contributed by atoms with E-state index in [4.69, 9.17) is 33.8 Å². The van der Waals surface area contributed by atoms with Crippen molar-refractivity contribution in [3.63, 3.8) is 0 Å². The predicted octanol–water partition coefficient (Wildman–Crippen LogP) is 4.47. The molecule has 2 aromatic carbocycles. The van der Waals surface area contributed by atoms with E-state index in [9.17, 15) is 5.11 Å². The lowest BCUT2D eigenvalue weighted by molar-refractivity contribution is 0.305.